The number of aromatic nitrogens is 1. The molecule has 7 nitrogen and oxygen atoms in total. The van der Waals surface area contributed by atoms with Gasteiger partial charge in [0.15, 0.2) is 5.43 Å². The number of amides is 2. The van der Waals surface area contributed by atoms with Gasteiger partial charge in [-0.1, -0.05) is 24.3 Å². The van der Waals surface area contributed by atoms with Gasteiger partial charge >= 0.3 is 0 Å². The lowest BCUT2D eigenvalue weighted by Gasteiger charge is -2.16. The number of hydrogen-bond donors (Lipinski definition) is 2. The molecule has 0 atom stereocenters. The van der Waals surface area contributed by atoms with Crippen molar-refractivity contribution in [2.75, 3.05) is 19.5 Å². The van der Waals surface area contributed by atoms with Crippen LogP contribution < -0.4 is 20.8 Å². The van der Waals surface area contributed by atoms with Crippen LogP contribution in [0.4, 0.5) is 5.69 Å². The molecule has 2 N–H and O–H groups in total. The quantitative estimate of drug-likeness (QED) is 0.490. The Balaban J connectivity index is 1.76. The molecule has 0 saturated heterocycles. The van der Waals surface area contributed by atoms with E-state index < -0.39 is 0 Å². The maximum Gasteiger partial charge on any atom is 0.253 e. The van der Waals surface area contributed by atoms with Gasteiger partial charge in [-0.05, 0) is 42.5 Å². The lowest BCUT2D eigenvalue weighted by Crippen LogP contribution is -2.24. The summed E-state index contributed by atoms with van der Waals surface area (Å²) in [6.07, 6.45) is 0. The Kier molecular flexibility index (Phi) is 5.41. The number of pyridine rings is 1. The summed E-state index contributed by atoms with van der Waals surface area (Å²) in [4.78, 5) is 38.1. The van der Waals surface area contributed by atoms with Crippen molar-refractivity contribution >= 4 is 39.3 Å². The minimum atomic E-state index is -0.339. The summed E-state index contributed by atoms with van der Waals surface area (Å²) in [6, 6.07) is 19.3. The Morgan fingerprint density at radius 1 is 0.935 bits per heavy atom. The third kappa shape index (κ3) is 3.73. The fraction of sp³-hybridized carbons (Fsp3) is 0.125. The topological polar surface area (TPSA) is 89.4 Å². The smallest absolute Gasteiger partial charge is 0.253 e. The van der Waals surface area contributed by atoms with Crippen LogP contribution in [0.1, 0.15) is 10.4 Å². The average Bonchev–Trinajstić information content (AvgIpc) is 2.81. The van der Waals surface area contributed by atoms with Crippen molar-refractivity contribution in [2.45, 2.75) is 6.54 Å². The first kappa shape index (κ1) is 20.2. The molecule has 2 amide bonds. The Morgan fingerprint density at radius 2 is 1.55 bits per heavy atom. The second kappa shape index (κ2) is 8.31. The van der Waals surface area contributed by atoms with Crippen molar-refractivity contribution in [1.82, 2.24) is 9.88 Å². The highest BCUT2D eigenvalue weighted by molar-refractivity contribution is 6.04. The highest BCUT2D eigenvalue weighted by atomic mass is 16.5. The maximum atomic E-state index is 13.0. The third-order valence-electron chi connectivity index (χ3n) is 5.15. The van der Waals surface area contributed by atoms with Crippen molar-refractivity contribution < 1.29 is 14.3 Å². The highest BCUT2D eigenvalue weighted by Gasteiger charge is 2.16. The van der Waals surface area contributed by atoms with E-state index in [2.05, 4.69) is 10.6 Å². The molecule has 31 heavy (non-hydrogen) atoms. The van der Waals surface area contributed by atoms with Crippen LogP contribution >= 0.6 is 0 Å². The number of rotatable bonds is 5. The molecule has 0 fully saturated rings. The molecular weight excluding hydrogens is 394 g/mol. The van der Waals surface area contributed by atoms with Gasteiger partial charge in [-0.25, -0.2) is 0 Å². The summed E-state index contributed by atoms with van der Waals surface area (Å²) in [6.45, 7) is -0.0273. The first-order valence-electron chi connectivity index (χ1n) is 9.73. The molecule has 4 aromatic rings. The molecule has 156 valence electrons. The normalized spacial score (nSPS) is 10.8. The van der Waals surface area contributed by atoms with E-state index in [0.29, 0.717) is 38.8 Å². The van der Waals surface area contributed by atoms with Crippen LogP contribution in [0.3, 0.4) is 0 Å². The molecule has 4 rings (SSSR count). The number of carbonyl (C=O) groups excluding carboxylic acids is 2. The molecule has 0 radical (unpaired) electrons. The number of nitrogens with one attached hydrogen (secondary N) is 2. The van der Waals surface area contributed by atoms with Crippen molar-refractivity contribution in [2.24, 2.45) is 0 Å². The summed E-state index contributed by atoms with van der Waals surface area (Å²) in [5.74, 6) is -0.156. The molecule has 1 aromatic heterocycles. The number of fused-ring (bicyclic) bond motifs is 2. The lowest BCUT2D eigenvalue weighted by molar-refractivity contribution is -0.116. The number of hydrogen-bond acceptors (Lipinski definition) is 4. The summed E-state index contributed by atoms with van der Waals surface area (Å²) in [5.41, 5.74) is 1.94. The van der Waals surface area contributed by atoms with Crippen molar-refractivity contribution in [1.29, 1.82) is 0 Å². The Hall–Kier alpha value is -4.13. The van der Waals surface area contributed by atoms with E-state index in [-0.39, 0.29) is 23.8 Å². The Morgan fingerprint density at radius 3 is 2.13 bits per heavy atom. The van der Waals surface area contributed by atoms with Crippen LogP contribution in [0.5, 0.6) is 5.75 Å². The van der Waals surface area contributed by atoms with Gasteiger partial charge in [-0.15, -0.1) is 0 Å². The fourth-order valence-electron chi connectivity index (χ4n) is 3.66. The zero-order chi connectivity index (χ0) is 22.0. The molecule has 0 unspecified atom stereocenters. The number of carbonyl (C=O) groups is 2. The molecule has 0 saturated carbocycles. The maximum absolute atomic E-state index is 13.0. The molecule has 0 aliphatic carbocycles. The fourth-order valence-corrected chi connectivity index (χ4v) is 3.66. The second-order valence-corrected chi connectivity index (χ2v) is 6.99. The van der Waals surface area contributed by atoms with Gasteiger partial charge in [0, 0.05) is 17.8 Å². The van der Waals surface area contributed by atoms with Gasteiger partial charge < -0.3 is 19.9 Å². The molecule has 1 heterocycles. The summed E-state index contributed by atoms with van der Waals surface area (Å²) in [5, 5.41) is 6.47. The van der Waals surface area contributed by atoms with Crippen LogP contribution in [0.2, 0.25) is 0 Å². The van der Waals surface area contributed by atoms with Gasteiger partial charge in [0.2, 0.25) is 5.91 Å². The number of benzene rings is 3. The Labute approximate surface area is 178 Å². The average molecular weight is 415 g/mol. The SMILES string of the molecule is CNC(=O)c1cc(OC)ccc1NC(=O)Cn1c2ccccc2c(=O)c2ccccc21. The van der Waals surface area contributed by atoms with Crippen LogP contribution in [0.15, 0.2) is 71.5 Å². The molecule has 0 bridgehead atoms. The monoisotopic (exact) mass is 415 g/mol. The van der Waals surface area contributed by atoms with Gasteiger partial charge in [0.25, 0.3) is 5.91 Å². The molecule has 3 aromatic carbocycles. The zero-order valence-electron chi connectivity index (χ0n) is 17.1. The minimum absolute atomic E-state index is 0.0273. The van der Waals surface area contributed by atoms with E-state index in [1.54, 1.807) is 42.5 Å². The molecule has 0 aliphatic heterocycles. The second-order valence-electron chi connectivity index (χ2n) is 6.99. The first-order chi connectivity index (χ1) is 15.0. The number of anilines is 1. The molecular formula is C24H21N3O4. The molecule has 0 spiro atoms. The van der Waals surface area contributed by atoms with Crippen LogP contribution in [-0.2, 0) is 11.3 Å². The van der Waals surface area contributed by atoms with Gasteiger partial charge in [0.05, 0.1) is 29.4 Å². The van der Waals surface area contributed by atoms with E-state index in [1.807, 2.05) is 28.8 Å². The van der Waals surface area contributed by atoms with E-state index >= 15 is 0 Å². The summed E-state index contributed by atoms with van der Waals surface area (Å²) >= 11 is 0. The number of ether oxygens (including phenoxy) is 1. The predicted molar refractivity (Wildman–Crippen MR) is 121 cm³/mol. The van der Waals surface area contributed by atoms with Gasteiger partial charge in [-0.3, -0.25) is 14.4 Å². The van der Waals surface area contributed by atoms with Gasteiger partial charge in [-0.2, -0.15) is 0 Å². The van der Waals surface area contributed by atoms with Crippen LogP contribution in [0, 0.1) is 0 Å². The first-order valence-corrected chi connectivity index (χ1v) is 9.73. The standard InChI is InChI=1S/C24H21N3O4/c1-25-24(30)18-13-15(31-2)11-12-19(18)26-22(28)14-27-20-9-5-3-7-16(20)23(29)17-8-4-6-10-21(17)27/h3-13H,14H2,1-2H3,(H,25,30)(H,26,28). The number of nitrogens with zero attached hydrogens (tertiary/aromatic N) is 1. The van der Waals surface area contributed by atoms with E-state index in [0.717, 1.165) is 0 Å². The zero-order valence-corrected chi connectivity index (χ0v) is 17.1. The molecule has 7 heteroatoms. The van der Waals surface area contributed by atoms with E-state index in [1.165, 1.54) is 14.2 Å². The van der Waals surface area contributed by atoms with E-state index in [9.17, 15) is 14.4 Å². The predicted octanol–water partition coefficient (Wildman–Crippen LogP) is 3.16. The number of methoxy groups -OCH3 is 1. The van der Waals surface area contributed by atoms with Crippen LogP contribution in [-0.4, -0.2) is 30.5 Å². The third-order valence-corrected chi connectivity index (χ3v) is 5.15. The van der Waals surface area contributed by atoms with Crippen molar-refractivity contribution in [3.63, 3.8) is 0 Å². The van der Waals surface area contributed by atoms with Crippen molar-refractivity contribution in [3.8, 4) is 5.75 Å². The van der Waals surface area contributed by atoms with E-state index in [4.69, 9.17) is 4.74 Å². The molecule has 0 aliphatic rings. The number of para-hydroxylation sites is 2. The minimum Gasteiger partial charge on any atom is -0.497 e. The van der Waals surface area contributed by atoms with Gasteiger partial charge in [0.1, 0.15) is 12.3 Å². The summed E-state index contributed by atoms with van der Waals surface area (Å²) < 4.78 is 7.00. The van der Waals surface area contributed by atoms with Crippen molar-refractivity contribution in [3.05, 3.63) is 82.5 Å². The largest absolute Gasteiger partial charge is 0.497 e. The lowest BCUT2D eigenvalue weighted by atomic mass is 10.1. The van der Waals surface area contributed by atoms with Crippen LogP contribution in [0.25, 0.3) is 21.8 Å². The Bertz CT molecular complexity index is 1310. The highest BCUT2D eigenvalue weighted by Crippen LogP contribution is 2.23. The summed E-state index contributed by atoms with van der Waals surface area (Å²) in [7, 11) is 3.03.